The highest BCUT2D eigenvalue weighted by atomic mass is 16.5. The fourth-order valence-corrected chi connectivity index (χ4v) is 1.06. The minimum Gasteiger partial charge on any atom is -0.394 e. The number of carbonyl (C=O) groups excluding carboxylic acids is 1. The average Bonchev–Trinajstić information content (AvgIpc) is 2.10. The van der Waals surface area contributed by atoms with E-state index in [2.05, 4.69) is 0 Å². The van der Waals surface area contributed by atoms with E-state index in [1.54, 1.807) is 11.8 Å². The van der Waals surface area contributed by atoms with Crippen LogP contribution in [0, 0.1) is 0 Å². The lowest BCUT2D eigenvalue weighted by molar-refractivity contribution is -0.128. The Bertz CT molecular complexity index is 139. The summed E-state index contributed by atoms with van der Waals surface area (Å²) in [5.41, 5.74) is 0. The molecule has 0 aromatic rings. The summed E-state index contributed by atoms with van der Waals surface area (Å²) >= 11 is 0. The van der Waals surface area contributed by atoms with Gasteiger partial charge in [-0.15, -0.1) is 0 Å². The van der Waals surface area contributed by atoms with Gasteiger partial charge in [-0.2, -0.15) is 0 Å². The van der Waals surface area contributed by atoms with Crippen LogP contribution < -0.4 is 0 Å². The second-order valence-electron chi connectivity index (χ2n) is 2.79. The molecule has 0 aromatic heterocycles. The van der Waals surface area contributed by atoms with E-state index in [0.29, 0.717) is 13.2 Å². The molecule has 0 unspecified atom stereocenters. The molecule has 0 rings (SSSR count). The summed E-state index contributed by atoms with van der Waals surface area (Å²) in [5.74, 6) is 0.102. The number of hydrogen-bond donors (Lipinski definition) is 1. The Morgan fingerprint density at radius 1 is 1.46 bits per heavy atom. The van der Waals surface area contributed by atoms with Crippen molar-refractivity contribution in [1.29, 1.82) is 0 Å². The van der Waals surface area contributed by atoms with E-state index in [0.717, 1.165) is 19.5 Å². The first-order chi connectivity index (χ1) is 6.22. The normalized spacial score (nSPS) is 10.1. The van der Waals surface area contributed by atoms with Crippen molar-refractivity contribution in [3.63, 3.8) is 0 Å². The van der Waals surface area contributed by atoms with Crippen LogP contribution in [0.1, 0.15) is 20.3 Å². The van der Waals surface area contributed by atoms with Crippen molar-refractivity contribution >= 4 is 5.91 Å². The summed E-state index contributed by atoms with van der Waals surface area (Å²) in [6.45, 7) is 6.04. The van der Waals surface area contributed by atoms with Gasteiger partial charge >= 0.3 is 0 Å². The maximum Gasteiger partial charge on any atom is 0.219 e. The minimum absolute atomic E-state index is 0.0597. The Hall–Kier alpha value is -0.610. The molecule has 0 spiro atoms. The van der Waals surface area contributed by atoms with E-state index < -0.39 is 0 Å². The zero-order valence-corrected chi connectivity index (χ0v) is 8.45. The van der Waals surface area contributed by atoms with Gasteiger partial charge in [-0.25, -0.2) is 0 Å². The standard InChI is InChI=1S/C9H19NO3/c1-3-10(9(2)12)5-4-7-13-8-6-11/h11H,3-8H2,1-2H3. The zero-order valence-electron chi connectivity index (χ0n) is 8.45. The second-order valence-corrected chi connectivity index (χ2v) is 2.79. The van der Waals surface area contributed by atoms with Gasteiger partial charge in [0.2, 0.25) is 5.91 Å². The van der Waals surface area contributed by atoms with Crippen LogP contribution in [0.25, 0.3) is 0 Å². The monoisotopic (exact) mass is 189 g/mol. The second kappa shape index (κ2) is 8.01. The van der Waals surface area contributed by atoms with Crippen LogP contribution in [0.4, 0.5) is 0 Å². The van der Waals surface area contributed by atoms with Gasteiger partial charge in [0.05, 0.1) is 13.2 Å². The molecule has 0 bridgehead atoms. The Kier molecular flexibility index (Phi) is 7.63. The van der Waals surface area contributed by atoms with Crippen molar-refractivity contribution in [1.82, 2.24) is 4.90 Å². The lowest BCUT2D eigenvalue weighted by atomic mass is 10.4. The molecule has 0 radical (unpaired) electrons. The van der Waals surface area contributed by atoms with Gasteiger partial charge in [0.1, 0.15) is 0 Å². The van der Waals surface area contributed by atoms with Crippen molar-refractivity contribution < 1.29 is 14.6 Å². The number of ether oxygens (including phenoxy) is 1. The van der Waals surface area contributed by atoms with Gasteiger partial charge in [-0.1, -0.05) is 0 Å². The fourth-order valence-electron chi connectivity index (χ4n) is 1.06. The van der Waals surface area contributed by atoms with E-state index in [1.165, 1.54) is 0 Å². The summed E-state index contributed by atoms with van der Waals surface area (Å²) in [6, 6.07) is 0. The number of hydrogen-bond acceptors (Lipinski definition) is 3. The van der Waals surface area contributed by atoms with Gasteiger partial charge in [0.25, 0.3) is 0 Å². The quantitative estimate of drug-likeness (QED) is 0.584. The number of aliphatic hydroxyl groups excluding tert-OH is 1. The number of amides is 1. The third-order valence-electron chi connectivity index (χ3n) is 1.78. The number of nitrogens with zero attached hydrogens (tertiary/aromatic N) is 1. The van der Waals surface area contributed by atoms with Crippen molar-refractivity contribution in [2.45, 2.75) is 20.3 Å². The van der Waals surface area contributed by atoms with Crippen LogP contribution in [-0.4, -0.2) is 48.8 Å². The SMILES string of the molecule is CCN(CCCOCCO)C(C)=O. The van der Waals surface area contributed by atoms with Crippen molar-refractivity contribution in [3.8, 4) is 0 Å². The summed E-state index contributed by atoms with van der Waals surface area (Å²) in [6.07, 6.45) is 0.827. The first-order valence-corrected chi connectivity index (χ1v) is 4.66. The molecule has 0 atom stereocenters. The van der Waals surface area contributed by atoms with Crippen molar-refractivity contribution in [2.24, 2.45) is 0 Å². The van der Waals surface area contributed by atoms with Crippen LogP contribution in [0.2, 0.25) is 0 Å². The molecule has 13 heavy (non-hydrogen) atoms. The summed E-state index contributed by atoms with van der Waals surface area (Å²) < 4.78 is 5.07. The van der Waals surface area contributed by atoms with Crippen LogP contribution >= 0.6 is 0 Å². The van der Waals surface area contributed by atoms with E-state index >= 15 is 0 Å². The maximum absolute atomic E-state index is 10.9. The summed E-state index contributed by atoms with van der Waals surface area (Å²) in [5, 5.41) is 8.42. The third kappa shape index (κ3) is 6.54. The third-order valence-corrected chi connectivity index (χ3v) is 1.78. The van der Waals surface area contributed by atoms with E-state index in [4.69, 9.17) is 9.84 Å². The topological polar surface area (TPSA) is 49.8 Å². The molecule has 0 aliphatic rings. The molecule has 1 amide bonds. The minimum atomic E-state index is 0.0597. The lowest BCUT2D eigenvalue weighted by Crippen LogP contribution is -2.30. The van der Waals surface area contributed by atoms with Crippen LogP contribution in [0.3, 0.4) is 0 Å². The molecule has 0 saturated heterocycles. The zero-order chi connectivity index (χ0) is 10.1. The highest BCUT2D eigenvalue weighted by Crippen LogP contribution is 1.92. The molecule has 0 aliphatic carbocycles. The molecule has 4 nitrogen and oxygen atoms in total. The summed E-state index contributed by atoms with van der Waals surface area (Å²) in [7, 11) is 0. The predicted molar refractivity (Wildman–Crippen MR) is 50.4 cm³/mol. The highest BCUT2D eigenvalue weighted by molar-refractivity contribution is 5.73. The Labute approximate surface area is 79.5 Å². The molecular weight excluding hydrogens is 170 g/mol. The number of rotatable bonds is 7. The number of carbonyl (C=O) groups is 1. The molecule has 0 fully saturated rings. The maximum atomic E-state index is 10.9. The van der Waals surface area contributed by atoms with Crippen LogP contribution in [0.15, 0.2) is 0 Å². The smallest absolute Gasteiger partial charge is 0.219 e. The highest BCUT2D eigenvalue weighted by Gasteiger charge is 2.03. The van der Waals surface area contributed by atoms with Crippen molar-refractivity contribution in [2.75, 3.05) is 32.9 Å². The van der Waals surface area contributed by atoms with Gasteiger partial charge in [0.15, 0.2) is 0 Å². The predicted octanol–water partition coefficient (Wildman–Crippen LogP) is 0.254. The molecule has 0 saturated carbocycles. The molecule has 1 N–H and O–H groups in total. The molecular formula is C9H19NO3. The molecule has 4 heteroatoms. The van der Waals surface area contributed by atoms with Gasteiger partial charge in [-0.05, 0) is 13.3 Å². The van der Waals surface area contributed by atoms with Crippen LogP contribution in [-0.2, 0) is 9.53 Å². The molecule has 0 aromatic carbocycles. The fraction of sp³-hybridized carbons (Fsp3) is 0.889. The van der Waals surface area contributed by atoms with Gasteiger partial charge < -0.3 is 14.7 Å². The van der Waals surface area contributed by atoms with E-state index in [1.807, 2.05) is 6.92 Å². The largest absolute Gasteiger partial charge is 0.394 e. The first kappa shape index (κ1) is 12.4. The number of aliphatic hydroxyl groups is 1. The molecule has 0 aliphatic heterocycles. The van der Waals surface area contributed by atoms with E-state index in [-0.39, 0.29) is 12.5 Å². The Morgan fingerprint density at radius 2 is 2.15 bits per heavy atom. The van der Waals surface area contributed by atoms with Gasteiger partial charge in [0, 0.05) is 26.6 Å². The molecule has 78 valence electrons. The van der Waals surface area contributed by atoms with Gasteiger partial charge in [-0.3, -0.25) is 4.79 Å². The Morgan fingerprint density at radius 3 is 2.62 bits per heavy atom. The van der Waals surface area contributed by atoms with E-state index in [9.17, 15) is 4.79 Å². The molecule has 0 heterocycles. The van der Waals surface area contributed by atoms with Crippen molar-refractivity contribution in [3.05, 3.63) is 0 Å². The average molecular weight is 189 g/mol. The Balaban J connectivity index is 3.33. The lowest BCUT2D eigenvalue weighted by Gasteiger charge is -2.18. The van der Waals surface area contributed by atoms with Crippen LogP contribution in [0.5, 0.6) is 0 Å². The first-order valence-electron chi connectivity index (χ1n) is 4.66. The summed E-state index contributed by atoms with van der Waals surface area (Å²) in [4.78, 5) is 12.7.